The second-order valence-electron chi connectivity index (χ2n) is 6.14. The number of hydrogen-bond acceptors (Lipinski definition) is 1. The topological polar surface area (TPSA) is 3.01 Å². The zero-order valence-electron chi connectivity index (χ0n) is 13.6. The first-order valence-corrected chi connectivity index (χ1v) is 8.92. The number of alkyl halides is 2. The molecule has 124 valence electrons. The van der Waals surface area contributed by atoms with Gasteiger partial charge in [0.15, 0.2) is 0 Å². The fourth-order valence-corrected chi connectivity index (χ4v) is 3.91. The fourth-order valence-electron chi connectivity index (χ4n) is 3.17. The van der Waals surface area contributed by atoms with E-state index in [0.29, 0.717) is 0 Å². The van der Waals surface area contributed by atoms with Gasteiger partial charge in [0, 0.05) is 5.69 Å². The van der Waals surface area contributed by atoms with Gasteiger partial charge in [-0.1, -0.05) is 103 Å². The highest BCUT2D eigenvalue weighted by Crippen LogP contribution is 2.61. The Morgan fingerprint density at radius 3 is 1.92 bits per heavy atom. The molecule has 0 bridgehead atoms. The summed E-state index contributed by atoms with van der Waals surface area (Å²) in [7, 11) is 0. The molecule has 0 aromatic heterocycles. The quantitative estimate of drug-likeness (QED) is 0.282. The number of halogens is 2. The van der Waals surface area contributed by atoms with E-state index >= 15 is 0 Å². The van der Waals surface area contributed by atoms with Crippen LogP contribution in [0, 0.1) is 0 Å². The van der Waals surface area contributed by atoms with Crippen LogP contribution in [0.5, 0.6) is 0 Å². The Labute approximate surface area is 158 Å². The summed E-state index contributed by atoms with van der Waals surface area (Å²) < 4.78 is -0.894. The Bertz CT molecular complexity index is 884. The van der Waals surface area contributed by atoms with Crippen molar-refractivity contribution in [3.63, 3.8) is 0 Å². The molecule has 0 radical (unpaired) electrons. The third-order valence-corrected chi connectivity index (χ3v) is 5.36. The zero-order chi connectivity index (χ0) is 17.4. The Morgan fingerprint density at radius 2 is 1.36 bits per heavy atom. The fraction of sp³-hybridized carbons (Fsp3) is 0.0909. The van der Waals surface area contributed by atoms with E-state index in [9.17, 15) is 0 Å². The SMILES string of the molecule is C=Cc1ccc(-c2ccc(C3N(c4ccccc4)C3(Cl)Cl)cc2)cc1. The van der Waals surface area contributed by atoms with Crippen molar-refractivity contribution in [1.82, 2.24) is 0 Å². The number of para-hydroxylation sites is 1. The lowest BCUT2D eigenvalue weighted by Gasteiger charge is -2.06. The first kappa shape index (κ1) is 16.3. The van der Waals surface area contributed by atoms with E-state index in [1.54, 1.807) is 0 Å². The van der Waals surface area contributed by atoms with Gasteiger partial charge in [-0.15, -0.1) is 0 Å². The van der Waals surface area contributed by atoms with E-state index in [4.69, 9.17) is 23.2 Å². The van der Waals surface area contributed by atoms with Crippen molar-refractivity contribution < 1.29 is 0 Å². The van der Waals surface area contributed by atoms with Crippen LogP contribution in [0.3, 0.4) is 0 Å². The summed E-state index contributed by atoms with van der Waals surface area (Å²) in [6, 6.07) is 26.8. The Morgan fingerprint density at radius 1 is 0.800 bits per heavy atom. The lowest BCUT2D eigenvalue weighted by Crippen LogP contribution is -2.00. The molecule has 0 saturated carbocycles. The summed E-state index contributed by atoms with van der Waals surface area (Å²) in [6.45, 7) is 3.79. The first-order valence-electron chi connectivity index (χ1n) is 8.16. The molecule has 4 rings (SSSR count). The highest BCUT2D eigenvalue weighted by atomic mass is 35.5. The molecule has 25 heavy (non-hydrogen) atoms. The smallest absolute Gasteiger partial charge is 0.215 e. The van der Waals surface area contributed by atoms with Crippen LogP contribution >= 0.6 is 23.2 Å². The van der Waals surface area contributed by atoms with Crippen molar-refractivity contribution in [1.29, 1.82) is 0 Å². The third kappa shape index (κ3) is 2.95. The van der Waals surface area contributed by atoms with Gasteiger partial charge < -0.3 is 4.90 Å². The number of benzene rings is 3. The molecular formula is C22H17Cl2N. The molecule has 3 aromatic carbocycles. The first-order chi connectivity index (χ1) is 12.1. The second kappa shape index (κ2) is 6.25. The summed E-state index contributed by atoms with van der Waals surface area (Å²) in [6.07, 6.45) is 1.85. The highest BCUT2D eigenvalue weighted by Gasteiger charge is 2.62. The van der Waals surface area contributed by atoms with Crippen molar-refractivity contribution in [2.45, 2.75) is 10.5 Å². The maximum atomic E-state index is 6.51. The van der Waals surface area contributed by atoms with E-state index in [1.807, 2.05) is 41.3 Å². The van der Waals surface area contributed by atoms with E-state index in [0.717, 1.165) is 16.8 Å². The lowest BCUT2D eigenvalue weighted by atomic mass is 10.0. The summed E-state index contributed by atoms with van der Waals surface area (Å²) in [5.41, 5.74) is 5.60. The monoisotopic (exact) mass is 365 g/mol. The molecule has 1 aliphatic heterocycles. The standard InChI is InChI=1S/C22H17Cl2N/c1-2-16-8-10-17(11-9-16)18-12-14-19(15-13-18)21-22(23,24)25(21)20-6-4-3-5-7-20/h2-15,21H,1H2. The van der Waals surface area contributed by atoms with Gasteiger partial charge in [-0.05, 0) is 34.4 Å². The van der Waals surface area contributed by atoms with Crippen molar-refractivity contribution in [3.8, 4) is 11.1 Å². The van der Waals surface area contributed by atoms with Crippen LogP contribution in [-0.2, 0) is 0 Å². The average molecular weight is 366 g/mol. The molecule has 1 aliphatic rings. The van der Waals surface area contributed by atoms with E-state index < -0.39 is 4.46 Å². The maximum Gasteiger partial charge on any atom is 0.215 e. The minimum absolute atomic E-state index is 0.0320. The van der Waals surface area contributed by atoms with Crippen LogP contribution in [0.25, 0.3) is 17.2 Å². The minimum atomic E-state index is -0.894. The largest absolute Gasteiger partial charge is 0.326 e. The second-order valence-corrected chi connectivity index (χ2v) is 7.49. The molecule has 1 unspecified atom stereocenters. The highest BCUT2D eigenvalue weighted by molar-refractivity contribution is 6.53. The van der Waals surface area contributed by atoms with Gasteiger partial charge in [-0.3, -0.25) is 0 Å². The van der Waals surface area contributed by atoms with E-state index in [1.165, 1.54) is 11.1 Å². The molecule has 1 heterocycles. The normalized spacial score (nSPS) is 18.0. The molecule has 0 spiro atoms. The molecular weight excluding hydrogens is 349 g/mol. The summed E-state index contributed by atoms with van der Waals surface area (Å²) >= 11 is 13.0. The summed E-state index contributed by atoms with van der Waals surface area (Å²) in [5, 5.41) is 0. The van der Waals surface area contributed by atoms with Gasteiger partial charge in [0.05, 0.1) is 0 Å². The predicted molar refractivity (Wildman–Crippen MR) is 108 cm³/mol. The molecule has 1 nitrogen and oxygen atoms in total. The molecule has 0 amide bonds. The van der Waals surface area contributed by atoms with Crippen molar-refractivity contribution in [3.05, 3.63) is 96.6 Å². The molecule has 3 aromatic rings. The Hall–Kier alpha value is -2.22. The van der Waals surface area contributed by atoms with Gasteiger partial charge in [-0.2, -0.15) is 0 Å². The molecule has 1 saturated heterocycles. The Kier molecular flexibility index (Phi) is 4.07. The number of anilines is 1. The summed E-state index contributed by atoms with van der Waals surface area (Å²) in [4.78, 5) is 2.02. The van der Waals surface area contributed by atoms with Crippen LogP contribution in [0.2, 0.25) is 0 Å². The van der Waals surface area contributed by atoms with E-state index in [2.05, 4.69) is 55.1 Å². The zero-order valence-corrected chi connectivity index (χ0v) is 15.1. The molecule has 0 aliphatic carbocycles. The van der Waals surface area contributed by atoms with Gasteiger partial charge in [-0.25, -0.2) is 0 Å². The number of hydrogen-bond donors (Lipinski definition) is 0. The average Bonchev–Trinajstić information content (AvgIpc) is 3.25. The summed E-state index contributed by atoms with van der Waals surface area (Å²) in [5.74, 6) is 0. The maximum absolute atomic E-state index is 6.51. The molecule has 3 heteroatoms. The van der Waals surface area contributed by atoms with Gasteiger partial charge >= 0.3 is 0 Å². The van der Waals surface area contributed by atoms with Crippen LogP contribution < -0.4 is 4.90 Å². The third-order valence-electron chi connectivity index (χ3n) is 4.58. The lowest BCUT2D eigenvalue weighted by molar-refractivity contribution is 1.10. The minimum Gasteiger partial charge on any atom is -0.326 e. The molecule has 1 fully saturated rings. The number of rotatable bonds is 4. The Balaban J connectivity index is 1.59. The van der Waals surface area contributed by atoms with Crippen LogP contribution in [0.15, 0.2) is 85.4 Å². The predicted octanol–water partition coefficient (Wildman–Crippen LogP) is 6.69. The van der Waals surface area contributed by atoms with Crippen LogP contribution in [0.4, 0.5) is 5.69 Å². The molecule has 1 atom stereocenters. The van der Waals surface area contributed by atoms with Crippen molar-refractivity contribution >= 4 is 35.0 Å². The van der Waals surface area contributed by atoms with Crippen molar-refractivity contribution in [2.75, 3.05) is 4.90 Å². The van der Waals surface area contributed by atoms with Crippen molar-refractivity contribution in [2.24, 2.45) is 0 Å². The van der Waals surface area contributed by atoms with E-state index in [-0.39, 0.29) is 6.04 Å². The molecule has 0 N–H and O–H groups in total. The van der Waals surface area contributed by atoms with Gasteiger partial charge in [0.25, 0.3) is 0 Å². The van der Waals surface area contributed by atoms with Gasteiger partial charge in [0.2, 0.25) is 4.46 Å². The van der Waals surface area contributed by atoms with Gasteiger partial charge in [0.1, 0.15) is 6.04 Å². The number of nitrogens with zero attached hydrogens (tertiary/aromatic N) is 1. The van der Waals surface area contributed by atoms with Crippen LogP contribution in [0.1, 0.15) is 17.2 Å². The van der Waals surface area contributed by atoms with Crippen LogP contribution in [-0.4, -0.2) is 4.46 Å².